The predicted molar refractivity (Wildman–Crippen MR) is 60.9 cm³/mol. The fourth-order valence-electron chi connectivity index (χ4n) is 1.42. The maximum atomic E-state index is 13.2. The summed E-state index contributed by atoms with van der Waals surface area (Å²) >= 11 is 3.26. The lowest BCUT2D eigenvalue weighted by Gasteiger charge is -2.14. The van der Waals surface area contributed by atoms with Crippen LogP contribution in [-0.4, -0.2) is 13.1 Å². The Morgan fingerprint density at radius 2 is 2.21 bits per heavy atom. The molecule has 3 heteroatoms. The fourth-order valence-corrected chi connectivity index (χ4v) is 1.85. The van der Waals surface area contributed by atoms with Crippen LogP contribution in [0, 0.1) is 5.82 Å². The first-order valence-corrected chi connectivity index (χ1v) is 5.58. The quantitative estimate of drug-likeness (QED) is 0.877. The van der Waals surface area contributed by atoms with E-state index in [2.05, 4.69) is 28.2 Å². The van der Waals surface area contributed by atoms with Gasteiger partial charge in [-0.25, -0.2) is 4.39 Å². The van der Waals surface area contributed by atoms with Gasteiger partial charge in [0.2, 0.25) is 0 Å². The molecule has 0 saturated carbocycles. The zero-order valence-electron chi connectivity index (χ0n) is 8.48. The van der Waals surface area contributed by atoms with Gasteiger partial charge in [-0.2, -0.15) is 0 Å². The zero-order chi connectivity index (χ0) is 10.6. The topological polar surface area (TPSA) is 12.0 Å². The highest BCUT2D eigenvalue weighted by Crippen LogP contribution is 2.21. The van der Waals surface area contributed by atoms with E-state index in [4.69, 9.17) is 0 Å². The second-order valence-electron chi connectivity index (χ2n) is 3.31. The average Bonchev–Trinajstić information content (AvgIpc) is 2.20. The second-order valence-corrected chi connectivity index (χ2v) is 4.10. The van der Waals surface area contributed by atoms with Crippen molar-refractivity contribution in [1.29, 1.82) is 0 Å². The lowest BCUT2D eigenvalue weighted by atomic mass is 10.0. The second kappa shape index (κ2) is 5.47. The minimum Gasteiger partial charge on any atom is -0.317 e. The molecule has 0 fully saturated rings. The van der Waals surface area contributed by atoms with Crippen molar-refractivity contribution < 1.29 is 4.39 Å². The Bertz CT molecular complexity index is 297. The molecule has 1 atom stereocenters. The minimum atomic E-state index is -0.187. The monoisotopic (exact) mass is 259 g/mol. The predicted octanol–water partition coefficient (Wildman–Crippen LogP) is 3.13. The van der Waals surface area contributed by atoms with Crippen LogP contribution in [0.1, 0.15) is 18.9 Å². The number of nitrogens with one attached hydrogen (secondary N) is 1. The third-order valence-electron chi connectivity index (χ3n) is 2.40. The number of rotatable bonds is 4. The van der Waals surface area contributed by atoms with E-state index in [1.807, 2.05) is 13.1 Å². The number of likely N-dealkylation sites (N-methyl/N-ethyl adjacent to an activating group) is 1. The van der Waals surface area contributed by atoms with Gasteiger partial charge in [0.05, 0.1) is 4.47 Å². The van der Waals surface area contributed by atoms with Gasteiger partial charge in [0, 0.05) is 6.04 Å². The number of benzene rings is 1. The summed E-state index contributed by atoms with van der Waals surface area (Å²) < 4.78 is 13.8. The summed E-state index contributed by atoms with van der Waals surface area (Å²) in [6.45, 7) is 2.12. The molecule has 1 nitrogen and oxygen atoms in total. The highest BCUT2D eigenvalue weighted by Gasteiger charge is 2.09. The molecule has 0 aliphatic heterocycles. The lowest BCUT2D eigenvalue weighted by Crippen LogP contribution is -2.26. The first-order chi connectivity index (χ1) is 6.69. The Morgan fingerprint density at radius 3 is 2.79 bits per heavy atom. The van der Waals surface area contributed by atoms with E-state index in [1.165, 1.54) is 6.07 Å². The van der Waals surface area contributed by atoms with E-state index in [-0.39, 0.29) is 5.82 Å². The van der Waals surface area contributed by atoms with Crippen LogP contribution in [0.3, 0.4) is 0 Å². The Balaban J connectivity index is 2.80. The van der Waals surface area contributed by atoms with Gasteiger partial charge in [0.25, 0.3) is 0 Å². The van der Waals surface area contributed by atoms with E-state index in [0.717, 1.165) is 18.4 Å². The molecule has 0 spiro atoms. The maximum absolute atomic E-state index is 13.2. The Hall–Kier alpha value is -0.410. The molecular formula is C11H15BrFN. The van der Waals surface area contributed by atoms with Crippen LogP contribution in [-0.2, 0) is 6.42 Å². The van der Waals surface area contributed by atoms with Gasteiger partial charge in [-0.3, -0.25) is 0 Å². The molecule has 14 heavy (non-hydrogen) atoms. The molecule has 1 aromatic rings. The first-order valence-electron chi connectivity index (χ1n) is 4.79. The van der Waals surface area contributed by atoms with Crippen molar-refractivity contribution in [1.82, 2.24) is 5.32 Å². The maximum Gasteiger partial charge on any atom is 0.137 e. The normalized spacial score (nSPS) is 12.9. The van der Waals surface area contributed by atoms with Crippen molar-refractivity contribution in [2.45, 2.75) is 25.8 Å². The standard InChI is InChI=1S/C11H15BrFN/c1-3-9(14-2)7-8-5-4-6-10(13)11(8)12/h4-6,9,14H,3,7H2,1-2H3. The molecule has 0 radical (unpaired) electrons. The average molecular weight is 260 g/mol. The molecule has 0 heterocycles. The highest BCUT2D eigenvalue weighted by atomic mass is 79.9. The molecule has 0 aliphatic carbocycles. The van der Waals surface area contributed by atoms with Crippen LogP contribution < -0.4 is 5.32 Å². The summed E-state index contributed by atoms with van der Waals surface area (Å²) in [5.41, 5.74) is 1.02. The SMILES string of the molecule is CCC(Cc1cccc(F)c1Br)NC. The third kappa shape index (κ3) is 2.79. The number of hydrogen-bond acceptors (Lipinski definition) is 1. The van der Waals surface area contributed by atoms with Crippen LogP contribution in [0.2, 0.25) is 0 Å². The molecule has 1 aromatic carbocycles. The van der Waals surface area contributed by atoms with Crippen LogP contribution in [0.15, 0.2) is 22.7 Å². The molecule has 1 rings (SSSR count). The van der Waals surface area contributed by atoms with Crippen LogP contribution >= 0.6 is 15.9 Å². The number of hydrogen-bond donors (Lipinski definition) is 1. The van der Waals surface area contributed by atoms with Crippen molar-refractivity contribution in [2.24, 2.45) is 0 Å². The zero-order valence-corrected chi connectivity index (χ0v) is 10.1. The van der Waals surface area contributed by atoms with E-state index in [0.29, 0.717) is 10.5 Å². The van der Waals surface area contributed by atoms with Gasteiger partial charge in [-0.15, -0.1) is 0 Å². The van der Waals surface area contributed by atoms with Gasteiger partial charge in [-0.05, 0) is 47.4 Å². The molecule has 78 valence electrons. The molecule has 0 aliphatic rings. The smallest absolute Gasteiger partial charge is 0.137 e. The van der Waals surface area contributed by atoms with E-state index < -0.39 is 0 Å². The molecule has 1 unspecified atom stereocenters. The van der Waals surface area contributed by atoms with Gasteiger partial charge >= 0.3 is 0 Å². The molecule has 0 amide bonds. The molecule has 0 saturated heterocycles. The summed E-state index contributed by atoms with van der Waals surface area (Å²) in [4.78, 5) is 0. The Kier molecular flexibility index (Phi) is 4.55. The third-order valence-corrected chi connectivity index (χ3v) is 3.29. The van der Waals surface area contributed by atoms with Crippen LogP contribution in [0.4, 0.5) is 4.39 Å². The minimum absolute atomic E-state index is 0.187. The Morgan fingerprint density at radius 1 is 1.50 bits per heavy atom. The van der Waals surface area contributed by atoms with Crippen molar-refractivity contribution in [2.75, 3.05) is 7.05 Å². The Labute approximate surface area is 92.8 Å². The summed E-state index contributed by atoms with van der Waals surface area (Å²) in [5, 5.41) is 3.20. The van der Waals surface area contributed by atoms with Crippen molar-refractivity contribution in [3.8, 4) is 0 Å². The largest absolute Gasteiger partial charge is 0.317 e. The summed E-state index contributed by atoms with van der Waals surface area (Å²) in [7, 11) is 1.93. The summed E-state index contributed by atoms with van der Waals surface area (Å²) in [6.07, 6.45) is 1.89. The fraction of sp³-hybridized carbons (Fsp3) is 0.455. The first kappa shape index (κ1) is 11.7. The van der Waals surface area contributed by atoms with Crippen molar-refractivity contribution in [3.63, 3.8) is 0 Å². The molecule has 1 N–H and O–H groups in total. The van der Waals surface area contributed by atoms with E-state index in [1.54, 1.807) is 6.07 Å². The molecule has 0 bridgehead atoms. The highest BCUT2D eigenvalue weighted by molar-refractivity contribution is 9.10. The molecular weight excluding hydrogens is 245 g/mol. The van der Waals surface area contributed by atoms with Crippen molar-refractivity contribution in [3.05, 3.63) is 34.1 Å². The van der Waals surface area contributed by atoms with E-state index >= 15 is 0 Å². The van der Waals surface area contributed by atoms with Crippen LogP contribution in [0.25, 0.3) is 0 Å². The number of halogens is 2. The van der Waals surface area contributed by atoms with E-state index in [9.17, 15) is 4.39 Å². The summed E-state index contributed by atoms with van der Waals surface area (Å²) in [5.74, 6) is -0.187. The van der Waals surface area contributed by atoms with Gasteiger partial charge in [0.1, 0.15) is 5.82 Å². The van der Waals surface area contributed by atoms with Gasteiger partial charge in [-0.1, -0.05) is 19.1 Å². The molecule has 0 aromatic heterocycles. The van der Waals surface area contributed by atoms with Gasteiger partial charge in [0.15, 0.2) is 0 Å². The summed E-state index contributed by atoms with van der Waals surface area (Å²) in [6, 6.07) is 5.58. The lowest BCUT2D eigenvalue weighted by molar-refractivity contribution is 0.538. The van der Waals surface area contributed by atoms with Crippen molar-refractivity contribution >= 4 is 15.9 Å². The van der Waals surface area contributed by atoms with Gasteiger partial charge < -0.3 is 5.32 Å². The van der Waals surface area contributed by atoms with Crippen LogP contribution in [0.5, 0.6) is 0 Å².